The number of morpholine rings is 1. The third kappa shape index (κ3) is 4.89. The summed E-state index contributed by atoms with van der Waals surface area (Å²) in [5, 5.41) is 20.2. The molecule has 0 saturated carbocycles. The molecule has 2 aromatic carbocycles. The van der Waals surface area contributed by atoms with Crippen molar-refractivity contribution in [2.75, 3.05) is 39.4 Å². The molecule has 2 aliphatic rings. The van der Waals surface area contributed by atoms with Crippen LogP contribution in [0.2, 0.25) is 5.02 Å². The third-order valence-electron chi connectivity index (χ3n) is 7.14. The van der Waals surface area contributed by atoms with E-state index in [-0.39, 0.29) is 40.5 Å². The number of likely N-dealkylation sites (tertiary alicyclic amines) is 1. The summed E-state index contributed by atoms with van der Waals surface area (Å²) in [6.07, 6.45) is -0.707. The Kier molecular flexibility index (Phi) is 7.65. The van der Waals surface area contributed by atoms with Gasteiger partial charge in [0.15, 0.2) is 11.6 Å². The van der Waals surface area contributed by atoms with E-state index in [1.54, 1.807) is 17.9 Å². The topological polar surface area (TPSA) is 95.2 Å². The molecule has 1 aromatic heterocycles. The van der Waals surface area contributed by atoms with Crippen molar-refractivity contribution in [2.45, 2.75) is 35.4 Å². The molecule has 2 N–H and O–H groups in total. The summed E-state index contributed by atoms with van der Waals surface area (Å²) in [6.45, 7) is 4.49. The Balaban J connectivity index is 1.47. The number of carboxylic acid groups (broad SMARTS) is 1. The minimum Gasteiger partial charge on any atom is -0.478 e. The molecule has 0 aliphatic carbocycles. The molecule has 3 aromatic rings. The van der Waals surface area contributed by atoms with Crippen molar-refractivity contribution in [3.05, 3.63) is 58.2 Å². The zero-order valence-electron chi connectivity index (χ0n) is 20.5. The van der Waals surface area contributed by atoms with Crippen LogP contribution in [-0.2, 0) is 16.1 Å². The predicted octanol–water partition coefficient (Wildman–Crippen LogP) is 3.63. The average Bonchev–Trinajstić information content (AvgIpc) is 3.41. The van der Waals surface area contributed by atoms with Gasteiger partial charge in [-0.05, 0) is 31.2 Å². The Labute approximate surface area is 226 Å². The Morgan fingerprint density at radius 2 is 1.87 bits per heavy atom. The molecule has 5 rings (SSSR count). The first-order chi connectivity index (χ1) is 18.2. The SMILES string of the molecule is Cc1c(Sc2cccc(C(=O)O)c2F)c2ccc(Cl)c(F)c2n1CC(=O)N1C[C@H](O)[C@@H](N2CCOCC2)C1. The number of aromatic carboxylic acids is 1. The summed E-state index contributed by atoms with van der Waals surface area (Å²) in [5.41, 5.74) is 0.137. The summed E-state index contributed by atoms with van der Waals surface area (Å²) in [7, 11) is 0. The molecule has 8 nitrogen and oxygen atoms in total. The van der Waals surface area contributed by atoms with Crippen LogP contribution in [0.25, 0.3) is 10.9 Å². The van der Waals surface area contributed by atoms with Crippen LogP contribution in [0.3, 0.4) is 0 Å². The van der Waals surface area contributed by atoms with Crippen molar-refractivity contribution in [1.29, 1.82) is 0 Å². The summed E-state index contributed by atoms with van der Waals surface area (Å²) in [4.78, 5) is 29.0. The number of carbonyl (C=O) groups excluding carboxylic acids is 1. The number of ether oxygens (including phenoxy) is 1. The van der Waals surface area contributed by atoms with Crippen LogP contribution in [0, 0.1) is 18.6 Å². The van der Waals surface area contributed by atoms with Gasteiger partial charge >= 0.3 is 5.97 Å². The van der Waals surface area contributed by atoms with E-state index < -0.39 is 29.3 Å². The molecule has 1 amide bonds. The molecule has 0 spiro atoms. The van der Waals surface area contributed by atoms with Gasteiger partial charge in [-0.1, -0.05) is 29.4 Å². The van der Waals surface area contributed by atoms with Crippen molar-refractivity contribution in [3.8, 4) is 0 Å². The summed E-state index contributed by atoms with van der Waals surface area (Å²) in [6, 6.07) is 6.85. The molecule has 12 heteroatoms. The van der Waals surface area contributed by atoms with Gasteiger partial charge in [0, 0.05) is 47.1 Å². The highest BCUT2D eigenvalue weighted by Gasteiger charge is 2.38. The molecule has 38 heavy (non-hydrogen) atoms. The van der Waals surface area contributed by atoms with Gasteiger partial charge in [-0.2, -0.15) is 0 Å². The number of benzene rings is 2. The first kappa shape index (κ1) is 26.9. The highest BCUT2D eigenvalue weighted by atomic mass is 35.5. The quantitative estimate of drug-likeness (QED) is 0.471. The van der Waals surface area contributed by atoms with Gasteiger partial charge in [0.05, 0.1) is 41.5 Å². The largest absolute Gasteiger partial charge is 0.478 e. The van der Waals surface area contributed by atoms with Crippen LogP contribution in [0.1, 0.15) is 16.1 Å². The van der Waals surface area contributed by atoms with Crippen LogP contribution in [0.4, 0.5) is 8.78 Å². The first-order valence-electron chi connectivity index (χ1n) is 12.1. The lowest BCUT2D eigenvalue weighted by Crippen LogP contribution is -2.49. The normalized spacial score (nSPS) is 20.4. The van der Waals surface area contributed by atoms with Crippen LogP contribution >= 0.6 is 23.4 Å². The molecule has 2 saturated heterocycles. The van der Waals surface area contributed by atoms with Crippen molar-refractivity contribution in [2.24, 2.45) is 0 Å². The fourth-order valence-corrected chi connectivity index (χ4v) is 6.39. The van der Waals surface area contributed by atoms with Gasteiger partial charge in [0.2, 0.25) is 5.91 Å². The van der Waals surface area contributed by atoms with Crippen LogP contribution in [0.15, 0.2) is 40.1 Å². The highest BCUT2D eigenvalue weighted by Crippen LogP contribution is 2.41. The number of fused-ring (bicyclic) bond motifs is 1. The van der Waals surface area contributed by atoms with Crippen molar-refractivity contribution in [3.63, 3.8) is 0 Å². The lowest BCUT2D eigenvalue weighted by atomic mass is 10.2. The number of amides is 1. The summed E-state index contributed by atoms with van der Waals surface area (Å²) in [5.74, 6) is -3.29. The van der Waals surface area contributed by atoms with Crippen LogP contribution < -0.4 is 0 Å². The number of hydrogen-bond acceptors (Lipinski definition) is 6. The molecule has 2 aliphatic heterocycles. The standard InChI is InChI=1S/C26H26ClF2N3O5S/c1-14-25(38-20-4-2-3-15(22(20)28)26(35)36)16-5-6-17(27)23(29)24(16)32(14)13-21(34)31-11-18(19(33)12-31)30-7-9-37-10-8-30/h2-6,18-19,33H,7-13H2,1H3,(H,35,36)/t18-,19-/m0/s1. The molecular weight excluding hydrogens is 540 g/mol. The van der Waals surface area contributed by atoms with E-state index in [0.717, 1.165) is 11.8 Å². The smallest absolute Gasteiger partial charge is 0.338 e. The maximum Gasteiger partial charge on any atom is 0.338 e. The number of carbonyl (C=O) groups is 2. The third-order valence-corrected chi connectivity index (χ3v) is 8.69. The maximum absolute atomic E-state index is 15.3. The predicted molar refractivity (Wildman–Crippen MR) is 138 cm³/mol. The van der Waals surface area contributed by atoms with E-state index in [9.17, 15) is 24.2 Å². The number of aromatic nitrogens is 1. The Morgan fingerprint density at radius 3 is 2.58 bits per heavy atom. The minimum atomic E-state index is -1.39. The Hall–Kier alpha value is -2.70. The zero-order chi connectivity index (χ0) is 27.1. The van der Waals surface area contributed by atoms with Crippen molar-refractivity contribution >= 4 is 46.1 Å². The monoisotopic (exact) mass is 565 g/mol. The zero-order valence-corrected chi connectivity index (χ0v) is 22.1. The van der Waals surface area contributed by atoms with Crippen molar-refractivity contribution in [1.82, 2.24) is 14.4 Å². The number of rotatable bonds is 6. The average molecular weight is 566 g/mol. The molecule has 0 radical (unpaired) electrons. The number of hydrogen-bond donors (Lipinski definition) is 2. The second-order valence-electron chi connectivity index (χ2n) is 9.36. The molecule has 2 atom stereocenters. The number of aliphatic hydroxyl groups is 1. The van der Waals surface area contributed by atoms with Crippen molar-refractivity contribution < 1.29 is 33.3 Å². The number of nitrogens with zero attached hydrogens (tertiary/aromatic N) is 3. The summed E-state index contributed by atoms with van der Waals surface area (Å²) < 4.78 is 37.2. The van der Waals surface area contributed by atoms with Gasteiger partial charge in [-0.25, -0.2) is 13.6 Å². The Bertz CT molecular complexity index is 1410. The highest BCUT2D eigenvalue weighted by molar-refractivity contribution is 7.99. The fourth-order valence-electron chi connectivity index (χ4n) is 5.14. The molecule has 0 unspecified atom stereocenters. The van der Waals surface area contributed by atoms with Gasteiger partial charge in [-0.3, -0.25) is 9.69 Å². The molecule has 3 heterocycles. The van der Waals surface area contributed by atoms with E-state index in [1.807, 2.05) is 0 Å². The lowest BCUT2D eigenvalue weighted by Gasteiger charge is -2.33. The minimum absolute atomic E-state index is 0.0600. The van der Waals surface area contributed by atoms with Gasteiger partial charge in [0.25, 0.3) is 0 Å². The number of halogens is 3. The van der Waals surface area contributed by atoms with E-state index >= 15 is 4.39 Å². The van der Waals surface area contributed by atoms with E-state index in [4.69, 9.17) is 16.3 Å². The van der Waals surface area contributed by atoms with Gasteiger partial charge in [0.1, 0.15) is 6.54 Å². The molecule has 0 bridgehead atoms. The van der Waals surface area contributed by atoms with Crippen LogP contribution in [0.5, 0.6) is 0 Å². The molecule has 2 fully saturated rings. The molecule has 202 valence electrons. The molecular formula is C26H26ClF2N3O5S. The number of aliphatic hydroxyl groups excluding tert-OH is 1. The second-order valence-corrected chi connectivity index (χ2v) is 10.8. The van der Waals surface area contributed by atoms with E-state index in [1.165, 1.54) is 28.8 Å². The summed E-state index contributed by atoms with van der Waals surface area (Å²) >= 11 is 7.05. The lowest BCUT2D eigenvalue weighted by molar-refractivity contribution is -0.131. The van der Waals surface area contributed by atoms with Gasteiger partial charge < -0.3 is 24.4 Å². The van der Waals surface area contributed by atoms with Gasteiger partial charge in [-0.15, -0.1) is 0 Å². The van der Waals surface area contributed by atoms with E-state index in [2.05, 4.69) is 4.90 Å². The second kappa shape index (κ2) is 10.8. The number of carboxylic acids is 1. The number of β-amino-alcohol motifs (C(OH)–C–C–N with tert-alkyl or cyclic N) is 1. The Morgan fingerprint density at radius 1 is 1.13 bits per heavy atom. The van der Waals surface area contributed by atoms with Crippen LogP contribution in [-0.4, -0.2) is 88.0 Å². The first-order valence-corrected chi connectivity index (χ1v) is 13.3. The maximum atomic E-state index is 15.3. The van der Waals surface area contributed by atoms with E-state index in [0.29, 0.717) is 48.8 Å². The fraction of sp³-hybridized carbons (Fsp3) is 0.385.